The summed E-state index contributed by atoms with van der Waals surface area (Å²) in [6, 6.07) is 7.19. The molecule has 0 radical (unpaired) electrons. The van der Waals surface area contributed by atoms with Crippen LogP contribution in [-0.2, 0) is 9.59 Å². The van der Waals surface area contributed by atoms with E-state index < -0.39 is 11.8 Å². The van der Waals surface area contributed by atoms with Crippen molar-refractivity contribution in [1.82, 2.24) is 10.2 Å². The Labute approximate surface area is 116 Å². The number of rotatable bonds is 2. The molecule has 1 aromatic heterocycles. The van der Waals surface area contributed by atoms with E-state index in [4.69, 9.17) is 0 Å². The Balaban J connectivity index is 2.00. The van der Waals surface area contributed by atoms with Crippen LogP contribution in [0.4, 0.5) is 11.5 Å². The van der Waals surface area contributed by atoms with Crippen molar-refractivity contribution in [3.05, 3.63) is 41.1 Å². The number of nitrogens with one attached hydrogen (secondary N) is 3. The van der Waals surface area contributed by atoms with E-state index in [2.05, 4.69) is 20.8 Å². The summed E-state index contributed by atoms with van der Waals surface area (Å²) in [5.74, 6) is -1.11. The van der Waals surface area contributed by atoms with Gasteiger partial charge in [-0.3, -0.25) is 14.7 Å². The number of anilines is 2. The van der Waals surface area contributed by atoms with Gasteiger partial charge in [0, 0.05) is 16.9 Å². The lowest BCUT2D eigenvalue weighted by molar-refractivity contribution is -0.133. The predicted molar refractivity (Wildman–Crippen MR) is 76.5 cm³/mol. The molecule has 0 saturated carbocycles. The van der Waals surface area contributed by atoms with E-state index in [0.717, 1.165) is 16.8 Å². The van der Waals surface area contributed by atoms with Gasteiger partial charge in [0.25, 0.3) is 0 Å². The van der Waals surface area contributed by atoms with E-state index in [1.807, 2.05) is 32.9 Å². The highest BCUT2D eigenvalue weighted by Crippen LogP contribution is 2.14. The molecule has 6 nitrogen and oxygen atoms in total. The minimum absolute atomic E-state index is 0.367. The molecule has 0 unspecified atom stereocenters. The van der Waals surface area contributed by atoms with Crippen LogP contribution < -0.4 is 10.6 Å². The highest BCUT2D eigenvalue weighted by Gasteiger charge is 2.16. The number of carbonyl (C=O) groups excluding carboxylic acids is 2. The normalized spacial score (nSPS) is 10.2. The number of benzene rings is 1. The van der Waals surface area contributed by atoms with E-state index in [1.165, 1.54) is 0 Å². The first-order valence-electron chi connectivity index (χ1n) is 6.18. The van der Waals surface area contributed by atoms with E-state index in [9.17, 15) is 9.59 Å². The van der Waals surface area contributed by atoms with Gasteiger partial charge in [0.1, 0.15) is 0 Å². The standard InChI is InChI=1S/C14H16N4O2/c1-8-4-6-11(7-5-8)15-13(19)14(20)16-12-9(2)10(3)17-18-12/h4-7H,1-3H3,(H,15,19)(H2,16,17,18,20). The minimum atomic E-state index is -0.750. The molecule has 0 spiro atoms. The molecule has 0 bridgehead atoms. The maximum Gasteiger partial charge on any atom is 0.315 e. The van der Waals surface area contributed by atoms with Gasteiger partial charge in [-0.25, -0.2) is 0 Å². The van der Waals surface area contributed by atoms with Crippen molar-refractivity contribution in [1.29, 1.82) is 0 Å². The van der Waals surface area contributed by atoms with Crippen LogP contribution in [0.3, 0.4) is 0 Å². The number of aromatic amines is 1. The van der Waals surface area contributed by atoms with Gasteiger partial charge in [-0.1, -0.05) is 17.7 Å². The fourth-order valence-corrected chi connectivity index (χ4v) is 1.60. The van der Waals surface area contributed by atoms with Gasteiger partial charge in [0.2, 0.25) is 0 Å². The zero-order chi connectivity index (χ0) is 14.7. The van der Waals surface area contributed by atoms with Gasteiger partial charge in [-0.15, -0.1) is 0 Å². The first-order valence-corrected chi connectivity index (χ1v) is 6.18. The van der Waals surface area contributed by atoms with Crippen molar-refractivity contribution >= 4 is 23.3 Å². The number of H-pyrrole nitrogens is 1. The molecule has 1 heterocycles. The third kappa shape index (κ3) is 3.03. The predicted octanol–water partition coefficient (Wildman–Crippen LogP) is 1.91. The highest BCUT2D eigenvalue weighted by molar-refractivity contribution is 6.43. The van der Waals surface area contributed by atoms with Gasteiger partial charge in [0.15, 0.2) is 5.82 Å². The number of aryl methyl sites for hydroxylation is 2. The molecule has 0 aliphatic rings. The molecule has 104 valence electrons. The largest absolute Gasteiger partial charge is 0.318 e. The van der Waals surface area contributed by atoms with Crippen LogP contribution in [-0.4, -0.2) is 22.0 Å². The summed E-state index contributed by atoms with van der Waals surface area (Å²) >= 11 is 0. The van der Waals surface area contributed by atoms with Crippen molar-refractivity contribution in [2.45, 2.75) is 20.8 Å². The Morgan fingerprint density at radius 1 is 1.00 bits per heavy atom. The SMILES string of the molecule is Cc1ccc(NC(=O)C(=O)Nc2n[nH]c(C)c2C)cc1. The quantitative estimate of drug-likeness (QED) is 0.730. The third-order valence-corrected chi connectivity index (χ3v) is 3.00. The van der Waals surface area contributed by atoms with Crippen LogP contribution >= 0.6 is 0 Å². The van der Waals surface area contributed by atoms with Crippen molar-refractivity contribution in [3.63, 3.8) is 0 Å². The molecule has 0 fully saturated rings. The van der Waals surface area contributed by atoms with E-state index in [0.29, 0.717) is 11.5 Å². The summed E-state index contributed by atoms with van der Waals surface area (Å²) in [6.07, 6.45) is 0. The fraction of sp³-hybridized carbons (Fsp3) is 0.214. The molecule has 6 heteroatoms. The molecular formula is C14H16N4O2. The number of aromatic nitrogens is 2. The molecule has 1 aromatic carbocycles. The van der Waals surface area contributed by atoms with E-state index in [-0.39, 0.29) is 0 Å². The maximum absolute atomic E-state index is 11.8. The van der Waals surface area contributed by atoms with Crippen LogP contribution in [0.25, 0.3) is 0 Å². The Bertz CT molecular complexity index is 644. The van der Waals surface area contributed by atoms with Gasteiger partial charge in [0.05, 0.1) is 0 Å². The zero-order valence-corrected chi connectivity index (χ0v) is 11.6. The van der Waals surface area contributed by atoms with Crippen LogP contribution in [0, 0.1) is 20.8 Å². The van der Waals surface area contributed by atoms with Crippen LogP contribution in [0.1, 0.15) is 16.8 Å². The molecule has 0 aliphatic heterocycles. The topological polar surface area (TPSA) is 86.9 Å². The fourth-order valence-electron chi connectivity index (χ4n) is 1.60. The first-order chi connectivity index (χ1) is 9.47. The van der Waals surface area contributed by atoms with Crippen molar-refractivity contribution < 1.29 is 9.59 Å². The highest BCUT2D eigenvalue weighted by atomic mass is 16.2. The summed E-state index contributed by atoms with van der Waals surface area (Å²) in [7, 11) is 0. The molecule has 0 saturated heterocycles. The summed E-state index contributed by atoms with van der Waals surface area (Å²) in [6.45, 7) is 5.59. The number of nitrogens with zero attached hydrogens (tertiary/aromatic N) is 1. The average Bonchev–Trinajstić information content (AvgIpc) is 2.73. The molecular weight excluding hydrogens is 256 g/mol. The number of hydrogen-bond donors (Lipinski definition) is 3. The lowest BCUT2D eigenvalue weighted by Crippen LogP contribution is -2.29. The molecule has 2 aromatic rings. The molecule has 0 atom stereocenters. The van der Waals surface area contributed by atoms with Crippen LogP contribution in [0.5, 0.6) is 0 Å². The second kappa shape index (κ2) is 5.56. The van der Waals surface area contributed by atoms with Crippen LogP contribution in [0.2, 0.25) is 0 Å². The zero-order valence-electron chi connectivity index (χ0n) is 11.6. The molecule has 0 aliphatic carbocycles. The maximum atomic E-state index is 11.8. The van der Waals surface area contributed by atoms with Gasteiger partial charge >= 0.3 is 11.8 Å². The van der Waals surface area contributed by atoms with Crippen molar-refractivity contribution in [2.75, 3.05) is 10.6 Å². The van der Waals surface area contributed by atoms with Gasteiger partial charge in [-0.2, -0.15) is 5.10 Å². The molecule has 20 heavy (non-hydrogen) atoms. The van der Waals surface area contributed by atoms with Gasteiger partial charge in [-0.05, 0) is 32.9 Å². The Morgan fingerprint density at radius 2 is 1.60 bits per heavy atom. The smallest absolute Gasteiger partial charge is 0.315 e. The number of amides is 2. The Kier molecular flexibility index (Phi) is 3.84. The van der Waals surface area contributed by atoms with Gasteiger partial charge < -0.3 is 10.6 Å². The molecule has 2 rings (SSSR count). The Morgan fingerprint density at radius 3 is 2.15 bits per heavy atom. The summed E-state index contributed by atoms with van der Waals surface area (Å²) < 4.78 is 0. The molecule has 2 amide bonds. The first kappa shape index (κ1) is 13.8. The lowest BCUT2D eigenvalue weighted by Gasteiger charge is -2.05. The minimum Gasteiger partial charge on any atom is -0.318 e. The summed E-state index contributed by atoms with van der Waals surface area (Å²) in [5, 5.41) is 11.7. The number of carbonyl (C=O) groups is 2. The van der Waals surface area contributed by atoms with Crippen molar-refractivity contribution in [3.8, 4) is 0 Å². The second-order valence-corrected chi connectivity index (χ2v) is 4.60. The average molecular weight is 272 g/mol. The summed E-state index contributed by atoms with van der Waals surface area (Å²) in [5.41, 5.74) is 3.31. The second-order valence-electron chi connectivity index (χ2n) is 4.60. The number of hydrogen-bond acceptors (Lipinski definition) is 3. The molecule has 3 N–H and O–H groups in total. The lowest BCUT2D eigenvalue weighted by atomic mass is 10.2. The van der Waals surface area contributed by atoms with Crippen LogP contribution in [0.15, 0.2) is 24.3 Å². The third-order valence-electron chi connectivity index (χ3n) is 3.00. The Hall–Kier alpha value is -2.63. The summed E-state index contributed by atoms with van der Waals surface area (Å²) in [4.78, 5) is 23.5. The van der Waals surface area contributed by atoms with Crippen molar-refractivity contribution in [2.24, 2.45) is 0 Å². The monoisotopic (exact) mass is 272 g/mol. The van der Waals surface area contributed by atoms with E-state index >= 15 is 0 Å². The van der Waals surface area contributed by atoms with E-state index in [1.54, 1.807) is 12.1 Å².